The lowest BCUT2D eigenvalue weighted by molar-refractivity contribution is 0.419. The van der Waals surface area contributed by atoms with E-state index in [2.05, 4.69) is 12.0 Å². The molecule has 0 aliphatic heterocycles. The summed E-state index contributed by atoms with van der Waals surface area (Å²) in [5.74, 6) is 0.748. The molecule has 0 aromatic rings. The molecule has 0 bridgehead atoms. The van der Waals surface area contributed by atoms with Crippen LogP contribution in [0, 0.1) is 5.92 Å². The Kier molecular flexibility index (Phi) is 4.99. The van der Waals surface area contributed by atoms with Crippen LogP contribution in [0.4, 0.5) is 0 Å². The second-order valence-electron chi connectivity index (χ2n) is 4.50. The van der Waals surface area contributed by atoms with Crippen molar-refractivity contribution in [3.05, 3.63) is 0 Å². The Balaban J connectivity index is 2.63. The topological polar surface area (TPSA) is 15.6 Å². The van der Waals surface area contributed by atoms with E-state index < -0.39 is 0 Å². The first kappa shape index (κ1) is 11.5. The van der Waals surface area contributed by atoms with E-state index in [9.17, 15) is 0 Å². The van der Waals surface area contributed by atoms with Gasteiger partial charge >= 0.3 is 0 Å². The molecule has 0 aromatic carbocycles. The fourth-order valence-electron chi connectivity index (χ4n) is 2.25. The predicted molar refractivity (Wildman–Crippen MR) is 62.6 cm³/mol. The first-order chi connectivity index (χ1) is 6.74. The van der Waals surface area contributed by atoms with E-state index in [0.29, 0.717) is 0 Å². The average Bonchev–Trinajstić information content (AvgIpc) is 2.10. The summed E-state index contributed by atoms with van der Waals surface area (Å²) in [6.45, 7) is 2.29. The van der Waals surface area contributed by atoms with Crippen LogP contribution >= 0.6 is 0 Å². The van der Waals surface area contributed by atoms with Gasteiger partial charge in [-0.25, -0.2) is 0 Å². The van der Waals surface area contributed by atoms with Gasteiger partial charge in [-0.2, -0.15) is 5.10 Å². The van der Waals surface area contributed by atoms with Crippen LogP contribution in [0.5, 0.6) is 0 Å². The minimum atomic E-state index is 0.748. The van der Waals surface area contributed by atoms with E-state index in [1.54, 1.807) is 0 Å². The number of rotatable bonds is 2. The zero-order chi connectivity index (χ0) is 10.4. The lowest BCUT2D eigenvalue weighted by atomic mass is 9.88. The number of hydrogen-bond acceptors (Lipinski definition) is 2. The zero-order valence-corrected chi connectivity index (χ0v) is 9.92. The SMILES string of the molecule is CCC1CCCCCC/C1=N\N(C)C. The summed E-state index contributed by atoms with van der Waals surface area (Å²) in [5.41, 5.74) is 1.44. The standard InChI is InChI=1S/C12H24N2/c1-4-11-9-7-5-6-8-10-12(11)13-14(2)3/h11H,4-10H2,1-3H3/b13-12+. The highest BCUT2D eigenvalue weighted by Crippen LogP contribution is 2.23. The first-order valence-corrected chi connectivity index (χ1v) is 5.98. The van der Waals surface area contributed by atoms with Crippen molar-refractivity contribution in [3.63, 3.8) is 0 Å². The molecule has 0 spiro atoms. The molecule has 0 saturated heterocycles. The fourth-order valence-corrected chi connectivity index (χ4v) is 2.25. The monoisotopic (exact) mass is 196 g/mol. The third-order valence-corrected chi connectivity index (χ3v) is 3.03. The predicted octanol–water partition coefficient (Wildman–Crippen LogP) is 3.28. The molecule has 0 N–H and O–H groups in total. The Bertz CT molecular complexity index is 185. The van der Waals surface area contributed by atoms with Crippen LogP contribution in [-0.2, 0) is 0 Å². The van der Waals surface area contributed by atoms with Gasteiger partial charge in [0.2, 0.25) is 0 Å². The van der Waals surface area contributed by atoms with Gasteiger partial charge in [0.15, 0.2) is 0 Å². The molecule has 14 heavy (non-hydrogen) atoms. The van der Waals surface area contributed by atoms with Crippen molar-refractivity contribution in [2.45, 2.75) is 51.9 Å². The summed E-state index contributed by atoms with van der Waals surface area (Å²) in [6.07, 6.45) is 9.37. The van der Waals surface area contributed by atoms with Gasteiger partial charge in [-0.1, -0.05) is 26.2 Å². The van der Waals surface area contributed by atoms with Gasteiger partial charge in [-0.3, -0.25) is 0 Å². The molecular weight excluding hydrogens is 172 g/mol. The van der Waals surface area contributed by atoms with Crippen LogP contribution in [-0.4, -0.2) is 24.8 Å². The van der Waals surface area contributed by atoms with Gasteiger partial charge in [0.1, 0.15) is 0 Å². The van der Waals surface area contributed by atoms with Crippen LogP contribution in [0.25, 0.3) is 0 Å². The van der Waals surface area contributed by atoms with Crippen molar-refractivity contribution in [1.82, 2.24) is 5.01 Å². The average molecular weight is 196 g/mol. The van der Waals surface area contributed by atoms with Crippen LogP contribution in [0.2, 0.25) is 0 Å². The third kappa shape index (κ3) is 3.69. The smallest absolute Gasteiger partial charge is 0.0411 e. The van der Waals surface area contributed by atoms with Crippen LogP contribution in [0.15, 0.2) is 5.10 Å². The maximum absolute atomic E-state index is 4.64. The lowest BCUT2D eigenvalue weighted by Gasteiger charge is -2.22. The van der Waals surface area contributed by atoms with Crippen molar-refractivity contribution in [2.24, 2.45) is 11.0 Å². The summed E-state index contributed by atoms with van der Waals surface area (Å²) < 4.78 is 0. The van der Waals surface area contributed by atoms with E-state index in [-0.39, 0.29) is 0 Å². The Labute approximate surface area is 88.4 Å². The molecule has 82 valence electrons. The fraction of sp³-hybridized carbons (Fsp3) is 0.917. The van der Waals surface area contributed by atoms with Crippen LogP contribution in [0.3, 0.4) is 0 Å². The highest BCUT2D eigenvalue weighted by Gasteiger charge is 2.16. The molecule has 0 amide bonds. The lowest BCUT2D eigenvalue weighted by Crippen LogP contribution is -2.19. The van der Waals surface area contributed by atoms with E-state index in [1.807, 2.05) is 19.1 Å². The molecule has 1 atom stereocenters. The molecule has 0 radical (unpaired) electrons. The molecular formula is C12H24N2. The van der Waals surface area contributed by atoms with Gasteiger partial charge < -0.3 is 5.01 Å². The molecule has 0 aromatic heterocycles. The Morgan fingerprint density at radius 1 is 1.21 bits per heavy atom. The van der Waals surface area contributed by atoms with E-state index in [1.165, 1.54) is 50.7 Å². The molecule has 1 aliphatic rings. The number of hydrogen-bond donors (Lipinski definition) is 0. The van der Waals surface area contributed by atoms with Gasteiger partial charge in [0.05, 0.1) is 0 Å². The third-order valence-electron chi connectivity index (χ3n) is 3.03. The normalized spacial score (nSPS) is 27.1. The number of hydrazone groups is 1. The van der Waals surface area contributed by atoms with Gasteiger partial charge in [-0.05, 0) is 31.6 Å². The molecule has 1 rings (SSSR count). The van der Waals surface area contributed by atoms with Crippen molar-refractivity contribution in [3.8, 4) is 0 Å². The Morgan fingerprint density at radius 3 is 2.57 bits per heavy atom. The summed E-state index contributed by atoms with van der Waals surface area (Å²) in [7, 11) is 4.05. The van der Waals surface area contributed by atoms with E-state index in [4.69, 9.17) is 0 Å². The highest BCUT2D eigenvalue weighted by molar-refractivity contribution is 5.86. The van der Waals surface area contributed by atoms with Crippen molar-refractivity contribution in [1.29, 1.82) is 0 Å². The van der Waals surface area contributed by atoms with E-state index >= 15 is 0 Å². The molecule has 0 heterocycles. The first-order valence-electron chi connectivity index (χ1n) is 5.98. The Hall–Kier alpha value is -0.530. The van der Waals surface area contributed by atoms with Gasteiger partial charge in [0, 0.05) is 19.8 Å². The summed E-state index contributed by atoms with van der Waals surface area (Å²) in [6, 6.07) is 0. The zero-order valence-electron chi connectivity index (χ0n) is 9.92. The second-order valence-corrected chi connectivity index (χ2v) is 4.50. The molecule has 1 saturated carbocycles. The largest absolute Gasteiger partial charge is 0.303 e. The molecule has 2 heteroatoms. The Morgan fingerprint density at radius 2 is 1.93 bits per heavy atom. The summed E-state index contributed by atoms with van der Waals surface area (Å²) >= 11 is 0. The highest BCUT2D eigenvalue weighted by atomic mass is 15.4. The second kappa shape index (κ2) is 6.05. The van der Waals surface area contributed by atoms with Crippen molar-refractivity contribution < 1.29 is 0 Å². The quantitative estimate of drug-likeness (QED) is 0.619. The van der Waals surface area contributed by atoms with Crippen molar-refractivity contribution in [2.75, 3.05) is 14.1 Å². The maximum atomic E-state index is 4.64. The van der Waals surface area contributed by atoms with Gasteiger partial charge in [-0.15, -0.1) is 0 Å². The molecule has 2 nitrogen and oxygen atoms in total. The van der Waals surface area contributed by atoms with Gasteiger partial charge in [0.25, 0.3) is 0 Å². The minimum absolute atomic E-state index is 0.748. The van der Waals surface area contributed by atoms with Crippen molar-refractivity contribution >= 4 is 5.71 Å². The minimum Gasteiger partial charge on any atom is -0.303 e. The molecule has 1 unspecified atom stereocenters. The maximum Gasteiger partial charge on any atom is 0.0411 e. The molecule has 1 fully saturated rings. The van der Waals surface area contributed by atoms with Crippen LogP contribution < -0.4 is 0 Å². The molecule has 1 aliphatic carbocycles. The summed E-state index contributed by atoms with van der Waals surface area (Å²) in [4.78, 5) is 0. The summed E-state index contributed by atoms with van der Waals surface area (Å²) in [5, 5.41) is 6.60. The number of nitrogens with zero attached hydrogens (tertiary/aromatic N) is 2. The van der Waals surface area contributed by atoms with E-state index in [0.717, 1.165) is 5.92 Å². The van der Waals surface area contributed by atoms with Crippen LogP contribution in [0.1, 0.15) is 51.9 Å².